The van der Waals surface area contributed by atoms with Crippen LogP contribution in [0.2, 0.25) is 5.02 Å². The number of rotatable bonds is 8. The molecule has 0 aromatic heterocycles. The van der Waals surface area contributed by atoms with Crippen LogP contribution in [-0.2, 0) is 11.2 Å². The van der Waals surface area contributed by atoms with Crippen molar-refractivity contribution in [3.8, 4) is 5.75 Å². The van der Waals surface area contributed by atoms with Gasteiger partial charge in [0.1, 0.15) is 42.1 Å². The minimum Gasteiger partial charge on any atom is -0.493 e. The Morgan fingerprint density at radius 1 is 0.921 bits per heavy atom. The van der Waals surface area contributed by atoms with Gasteiger partial charge >= 0.3 is 0 Å². The van der Waals surface area contributed by atoms with Crippen molar-refractivity contribution in [1.82, 2.24) is 0 Å². The summed E-state index contributed by atoms with van der Waals surface area (Å²) in [4.78, 5) is 2.19. The van der Waals surface area contributed by atoms with Crippen molar-refractivity contribution in [2.45, 2.75) is 36.9 Å². The molecule has 3 aromatic rings. The van der Waals surface area contributed by atoms with Gasteiger partial charge in [-0.05, 0) is 65.6 Å². The lowest BCUT2D eigenvalue weighted by Gasteiger charge is -2.40. The summed E-state index contributed by atoms with van der Waals surface area (Å²) in [7, 11) is 0. The van der Waals surface area contributed by atoms with Gasteiger partial charge in [0.15, 0.2) is 0 Å². The van der Waals surface area contributed by atoms with Gasteiger partial charge in [-0.2, -0.15) is 0 Å². The number of benzene rings is 3. The minimum atomic E-state index is -1.44. The molecule has 0 bridgehead atoms. The molecule has 7 nitrogen and oxygen atoms in total. The fourth-order valence-corrected chi connectivity index (χ4v) is 5.14. The molecule has 1 unspecified atom stereocenters. The quantitative estimate of drug-likeness (QED) is 0.346. The van der Waals surface area contributed by atoms with Crippen LogP contribution in [-0.4, -0.2) is 71.1 Å². The van der Waals surface area contributed by atoms with Crippen LogP contribution >= 0.6 is 11.6 Å². The fourth-order valence-electron chi connectivity index (χ4n) is 4.96. The molecular formula is C29H31ClFNO6. The van der Waals surface area contributed by atoms with E-state index in [0.29, 0.717) is 29.5 Å². The number of ether oxygens (including phenoxy) is 2. The Morgan fingerprint density at radius 3 is 2.32 bits per heavy atom. The Hall–Kier alpha value is -2.72. The standard InChI is InChI=1S/C29H31ClFNO6/c30-24-10-3-19(29-28(36)27(35)26(34)25(15-33)38-29)12-20(24)11-17-1-8-23(9-2-17)37-16-18-13-32(14-18)22-6-4-21(31)5-7-22/h1-10,12,18,25-29,33-36H,11,13-16H2/t25-,26-,27?,28-,29+/m1/s1. The molecule has 2 saturated heterocycles. The van der Waals surface area contributed by atoms with E-state index < -0.39 is 37.1 Å². The number of anilines is 1. The van der Waals surface area contributed by atoms with Gasteiger partial charge in [-0.1, -0.05) is 35.9 Å². The number of aliphatic hydroxyl groups excluding tert-OH is 4. The van der Waals surface area contributed by atoms with Gasteiger partial charge in [0.2, 0.25) is 0 Å². The van der Waals surface area contributed by atoms with Gasteiger partial charge in [0, 0.05) is 29.7 Å². The first kappa shape index (κ1) is 26.9. The Morgan fingerprint density at radius 2 is 1.63 bits per heavy atom. The summed E-state index contributed by atoms with van der Waals surface area (Å²) in [6.45, 7) is 1.85. The van der Waals surface area contributed by atoms with Crippen molar-refractivity contribution in [2.75, 3.05) is 31.2 Å². The number of aliphatic hydroxyl groups is 4. The zero-order valence-corrected chi connectivity index (χ0v) is 21.4. The van der Waals surface area contributed by atoms with Gasteiger partial charge in [-0.3, -0.25) is 0 Å². The summed E-state index contributed by atoms with van der Waals surface area (Å²) in [5.41, 5.74) is 3.43. The zero-order valence-electron chi connectivity index (χ0n) is 20.7. The van der Waals surface area contributed by atoms with Crippen LogP contribution in [0.25, 0.3) is 0 Å². The van der Waals surface area contributed by atoms with E-state index in [4.69, 9.17) is 21.1 Å². The van der Waals surface area contributed by atoms with Crippen LogP contribution in [0, 0.1) is 11.7 Å². The highest BCUT2D eigenvalue weighted by Gasteiger charge is 2.44. The summed E-state index contributed by atoms with van der Waals surface area (Å²) >= 11 is 6.45. The average Bonchev–Trinajstić information content (AvgIpc) is 2.90. The lowest BCUT2D eigenvalue weighted by molar-refractivity contribution is -0.231. The van der Waals surface area contributed by atoms with Crippen molar-refractivity contribution in [2.24, 2.45) is 5.92 Å². The van der Waals surface area contributed by atoms with Gasteiger partial charge in [-0.15, -0.1) is 0 Å². The summed E-state index contributed by atoms with van der Waals surface area (Å²) in [5, 5.41) is 40.7. The second-order valence-corrected chi connectivity index (χ2v) is 10.4. The molecular weight excluding hydrogens is 513 g/mol. The lowest BCUT2D eigenvalue weighted by atomic mass is 9.90. The molecule has 2 aliphatic rings. The van der Waals surface area contributed by atoms with E-state index in [1.165, 1.54) is 12.1 Å². The summed E-state index contributed by atoms with van der Waals surface area (Å²) in [6.07, 6.45) is -5.56. The second kappa shape index (κ2) is 11.6. The molecule has 0 radical (unpaired) electrons. The van der Waals surface area contributed by atoms with Crippen LogP contribution in [0.3, 0.4) is 0 Å². The van der Waals surface area contributed by atoms with Crippen LogP contribution in [0.4, 0.5) is 10.1 Å². The molecule has 5 atom stereocenters. The van der Waals surface area contributed by atoms with E-state index >= 15 is 0 Å². The third kappa shape index (κ3) is 5.81. The van der Waals surface area contributed by atoms with Gasteiger partial charge < -0.3 is 34.8 Å². The zero-order chi connectivity index (χ0) is 26.8. The SMILES string of the molecule is OC[C@H]1O[C@@H](c2ccc(Cl)c(Cc3ccc(OCC4CN(c5ccc(F)cc5)C4)cc3)c2)[C@H](O)C(O)[C@@H]1O. The molecule has 0 saturated carbocycles. The van der Waals surface area contributed by atoms with Gasteiger partial charge in [-0.25, -0.2) is 4.39 Å². The molecule has 202 valence electrons. The molecule has 2 heterocycles. The molecule has 4 N–H and O–H groups in total. The Labute approximate surface area is 225 Å². The number of halogens is 2. The third-order valence-electron chi connectivity index (χ3n) is 7.24. The molecule has 2 fully saturated rings. The maximum absolute atomic E-state index is 13.1. The van der Waals surface area contributed by atoms with Crippen molar-refractivity contribution in [1.29, 1.82) is 0 Å². The lowest BCUT2D eigenvalue weighted by Crippen LogP contribution is -2.55. The normalized spacial score (nSPS) is 25.7. The van der Waals surface area contributed by atoms with Gasteiger partial charge in [0.25, 0.3) is 0 Å². The minimum absolute atomic E-state index is 0.235. The van der Waals surface area contributed by atoms with Crippen molar-refractivity contribution >= 4 is 17.3 Å². The molecule has 0 spiro atoms. The first-order valence-corrected chi connectivity index (χ1v) is 13.0. The molecule has 38 heavy (non-hydrogen) atoms. The molecule has 0 amide bonds. The first-order chi connectivity index (χ1) is 18.3. The summed E-state index contributed by atoms with van der Waals surface area (Å²) in [5.74, 6) is 0.945. The highest BCUT2D eigenvalue weighted by atomic mass is 35.5. The molecule has 3 aromatic carbocycles. The Balaban J connectivity index is 1.17. The Kier molecular flexibility index (Phi) is 8.18. The van der Waals surface area contributed by atoms with E-state index in [1.807, 2.05) is 30.3 Å². The Bertz CT molecular complexity index is 1220. The second-order valence-electron chi connectivity index (χ2n) is 9.98. The number of hydrogen-bond acceptors (Lipinski definition) is 7. The highest BCUT2D eigenvalue weighted by molar-refractivity contribution is 6.31. The number of nitrogens with zero attached hydrogens (tertiary/aromatic N) is 1. The largest absolute Gasteiger partial charge is 0.493 e. The number of hydrogen-bond donors (Lipinski definition) is 4. The predicted octanol–water partition coefficient (Wildman–Crippen LogP) is 3.10. The van der Waals surface area contributed by atoms with Crippen molar-refractivity contribution in [3.05, 3.63) is 94.3 Å². The molecule has 5 rings (SSSR count). The topological polar surface area (TPSA) is 103 Å². The van der Waals surface area contributed by atoms with Crippen molar-refractivity contribution in [3.63, 3.8) is 0 Å². The van der Waals surface area contributed by atoms with E-state index in [-0.39, 0.29) is 5.82 Å². The molecule has 0 aliphatic carbocycles. The van der Waals surface area contributed by atoms with E-state index in [1.54, 1.807) is 24.3 Å². The van der Waals surface area contributed by atoms with Gasteiger partial charge in [0.05, 0.1) is 13.2 Å². The monoisotopic (exact) mass is 543 g/mol. The average molecular weight is 544 g/mol. The maximum Gasteiger partial charge on any atom is 0.123 e. The maximum atomic E-state index is 13.1. The highest BCUT2D eigenvalue weighted by Crippen LogP contribution is 2.34. The van der Waals surface area contributed by atoms with Crippen molar-refractivity contribution < 1.29 is 34.3 Å². The van der Waals surface area contributed by atoms with Crippen LogP contribution in [0.5, 0.6) is 5.75 Å². The van der Waals surface area contributed by atoms with Crippen LogP contribution in [0.1, 0.15) is 22.8 Å². The van der Waals surface area contributed by atoms with E-state index in [0.717, 1.165) is 35.7 Å². The fraction of sp³-hybridized carbons (Fsp3) is 0.379. The predicted molar refractivity (Wildman–Crippen MR) is 141 cm³/mol. The summed E-state index contributed by atoms with van der Waals surface area (Å²) < 4.78 is 24.8. The van der Waals surface area contributed by atoms with E-state index in [2.05, 4.69) is 4.90 Å². The third-order valence-corrected chi connectivity index (χ3v) is 7.61. The molecule has 2 aliphatic heterocycles. The van der Waals surface area contributed by atoms with E-state index in [9.17, 15) is 24.8 Å². The van der Waals surface area contributed by atoms with Crippen LogP contribution < -0.4 is 9.64 Å². The first-order valence-electron chi connectivity index (χ1n) is 12.6. The summed E-state index contributed by atoms with van der Waals surface area (Å²) in [6, 6.07) is 19.5. The molecule has 9 heteroatoms. The van der Waals surface area contributed by atoms with Crippen LogP contribution in [0.15, 0.2) is 66.7 Å². The smallest absolute Gasteiger partial charge is 0.123 e.